The highest BCUT2D eigenvalue weighted by Gasteiger charge is 2.27. The molecule has 2 aromatic carbocycles. The molecule has 0 aliphatic carbocycles. The van der Waals surface area contributed by atoms with E-state index in [4.69, 9.17) is 4.74 Å². The normalized spacial score (nSPS) is 14.6. The summed E-state index contributed by atoms with van der Waals surface area (Å²) in [5, 5.41) is 0. The van der Waals surface area contributed by atoms with Crippen molar-refractivity contribution < 1.29 is 22.7 Å². The van der Waals surface area contributed by atoms with Gasteiger partial charge in [0, 0.05) is 38.4 Å². The molecule has 1 aliphatic rings. The maximum Gasteiger partial charge on any atom is 0.338 e. The molecule has 2 aromatic rings. The van der Waals surface area contributed by atoms with E-state index in [9.17, 15) is 18.0 Å². The average Bonchev–Trinajstić information content (AvgIpc) is 3.27. The molecule has 0 spiro atoms. The third-order valence-electron chi connectivity index (χ3n) is 4.83. The van der Waals surface area contributed by atoms with E-state index < -0.39 is 28.4 Å². The van der Waals surface area contributed by atoms with Crippen LogP contribution in [0.2, 0.25) is 0 Å². The van der Waals surface area contributed by atoms with Crippen molar-refractivity contribution in [3.63, 3.8) is 0 Å². The van der Waals surface area contributed by atoms with E-state index in [1.807, 2.05) is 19.0 Å². The Hall–Kier alpha value is -2.71. The summed E-state index contributed by atoms with van der Waals surface area (Å²) in [4.78, 5) is 26.5. The fourth-order valence-corrected chi connectivity index (χ4v) is 4.60. The Bertz CT molecular complexity index is 977. The molecular weight excluding hydrogens is 392 g/mol. The first-order valence-electron chi connectivity index (χ1n) is 9.37. The minimum Gasteiger partial charge on any atom is -0.454 e. The summed E-state index contributed by atoms with van der Waals surface area (Å²) in [7, 11) is 0.274. The lowest BCUT2D eigenvalue weighted by Crippen LogP contribution is -2.27. The number of carbonyl (C=O) groups excluding carboxylic acids is 2. The molecular formula is C21H24N2O5S. The molecule has 0 aromatic heterocycles. The van der Waals surface area contributed by atoms with Crippen LogP contribution in [0.1, 0.15) is 33.6 Å². The second-order valence-electron chi connectivity index (χ2n) is 7.08. The molecule has 29 heavy (non-hydrogen) atoms. The van der Waals surface area contributed by atoms with Crippen LogP contribution >= 0.6 is 0 Å². The van der Waals surface area contributed by atoms with Crippen molar-refractivity contribution in [1.29, 1.82) is 0 Å². The molecule has 0 amide bonds. The number of rotatable bonds is 7. The number of ether oxygens (including phenoxy) is 1. The summed E-state index contributed by atoms with van der Waals surface area (Å²) in [6.45, 7) is 0.634. The summed E-state index contributed by atoms with van der Waals surface area (Å²) in [5.41, 5.74) is 1.60. The summed E-state index contributed by atoms with van der Waals surface area (Å²) in [6, 6.07) is 12.6. The molecule has 8 heteroatoms. The van der Waals surface area contributed by atoms with Crippen LogP contribution in [0.4, 0.5) is 5.69 Å². The van der Waals surface area contributed by atoms with Crippen LogP contribution in [0.5, 0.6) is 0 Å². The summed E-state index contributed by atoms with van der Waals surface area (Å²) < 4.78 is 31.6. The molecule has 3 rings (SSSR count). The molecule has 154 valence electrons. The Morgan fingerprint density at radius 2 is 1.48 bits per heavy atom. The summed E-state index contributed by atoms with van der Waals surface area (Å²) in [6.07, 6.45) is 1.72. The molecule has 0 N–H and O–H groups in total. The van der Waals surface area contributed by atoms with Crippen molar-refractivity contribution >= 4 is 27.5 Å². The molecule has 1 heterocycles. The Morgan fingerprint density at radius 3 is 2.03 bits per heavy atom. The van der Waals surface area contributed by atoms with Crippen molar-refractivity contribution in [3.05, 3.63) is 59.7 Å². The van der Waals surface area contributed by atoms with Crippen molar-refractivity contribution in [1.82, 2.24) is 4.31 Å². The van der Waals surface area contributed by atoms with Gasteiger partial charge in [0.05, 0.1) is 10.5 Å². The number of carbonyl (C=O) groups is 2. The van der Waals surface area contributed by atoms with Crippen LogP contribution in [0.15, 0.2) is 53.4 Å². The van der Waals surface area contributed by atoms with E-state index in [2.05, 4.69) is 0 Å². The first-order valence-corrected chi connectivity index (χ1v) is 10.8. The van der Waals surface area contributed by atoms with Crippen molar-refractivity contribution in [2.24, 2.45) is 0 Å². The second-order valence-corrected chi connectivity index (χ2v) is 9.01. The Balaban J connectivity index is 1.60. The van der Waals surface area contributed by atoms with Gasteiger partial charge >= 0.3 is 5.97 Å². The van der Waals surface area contributed by atoms with E-state index in [1.165, 1.54) is 28.6 Å². The number of Topliss-reactive ketones (excluding diaryl/α,β-unsaturated/α-hetero) is 1. The van der Waals surface area contributed by atoms with Gasteiger partial charge in [-0.3, -0.25) is 4.79 Å². The molecule has 1 saturated heterocycles. The topological polar surface area (TPSA) is 84.0 Å². The highest BCUT2D eigenvalue weighted by Crippen LogP contribution is 2.21. The van der Waals surface area contributed by atoms with Crippen LogP contribution in [0, 0.1) is 0 Å². The van der Waals surface area contributed by atoms with Gasteiger partial charge in [-0.25, -0.2) is 13.2 Å². The van der Waals surface area contributed by atoms with Gasteiger partial charge in [-0.1, -0.05) is 0 Å². The van der Waals surface area contributed by atoms with Crippen LogP contribution in [-0.2, 0) is 14.8 Å². The largest absolute Gasteiger partial charge is 0.454 e. The zero-order chi connectivity index (χ0) is 21.0. The zero-order valence-corrected chi connectivity index (χ0v) is 17.3. The number of hydrogen-bond acceptors (Lipinski definition) is 6. The van der Waals surface area contributed by atoms with E-state index in [0.29, 0.717) is 24.2 Å². The minimum atomic E-state index is -3.52. The quantitative estimate of drug-likeness (QED) is 0.510. The molecule has 0 radical (unpaired) electrons. The number of esters is 1. The van der Waals surface area contributed by atoms with Gasteiger partial charge < -0.3 is 9.64 Å². The van der Waals surface area contributed by atoms with Gasteiger partial charge in [-0.2, -0.15) is 4.31 Å². The van der Waals surface area contributed by atoms with Gasteiger partial charge in [0.2, 0.25) is 10.0 Å². The van der Waals surface area contributed by atoms with Crippen LogP contribution < -0.4 is 4.90 Å². The number of nitrogens with zero attached hydrogens (tertiary/aromatic N) is 2. The molecule has 1 fully saturated rings. The SMILES string of the molecule is CN(C)c1ccc(C(=O)OCC(=O)c2ccc(S(=O)(=O)N3CCCC3)cc2)cc1. The van der Waals surface area contributed by atoms with E-state index in [0.717, 1.165) is 18.5 Å². The number of benzene rings is 2. The molecule has 0 bridgehead atoms. The van der Waals surface area contributed by atoms with Gasteiger partial charge in [-0.15, -0.1) is 0 Å². The lowest BCUT2D eigenvalue weighted by Gasteiger charge is -2.15. The maximum atomic E-state index is 12.5. The van der Waals surface area contributed by atoms with Crippen molar-refractivity contribution in [3.8, 4) is 0 Å². The monoisotopic (exact) mass is 416 g/mol. The predicted molar refractivity (Wildman–Crippen MR) is 110 cm³/mol. The van der Waals surface area contributed by atoms with E-state index >= 15 is 0 Å². The number of anilines is 1. The second kappa shape index (κ2) is 8.75. The molecule has 1 aliphatic heterocycles. The molecule has 0 atom stereocenters. The molecule has 0 saturated carbocycles. The first-order chi connectivity index (χ1) is 13.8. The van der Waals surface area contributed by atoms with Crippen molar-refractivity contribution in [2.45, 2.75) is 17.7 Å². The minimum absolute atomic E-state index is 0.161. The Labute approximate surface area is 170 Å². The maximum absolute atomic E-state index is 12.5. The summed E-state index contributed by atoms with van der Waals surface area (Å²) in [5.74, 6) is -0.981. The average molecular weight is 416 g/mol. The van der Waals surface area contributed by atoms with Gasteiger partial charge in [-0.05, 0) is 61.4 Å². The third-order valence-corrected chi connectivity index (χ3v) is 6.75. The lowest BCUT2D eigenvalue weighted by molar-refractivity contribution is 0.0475. The fraction of sp³-hybridized carbons (Fsp3) is 0.333. The standard InChI is InChI=1S/C21H24N2O5S/c1-22(2)18-9-5-17(6-10-18)21(25)28-15-20(24)16-7-11-19(12-8-16)29(26,27)23-13-3-4-14-23/h5-12H,3-4,13-15H2,1-2H3. The van der Waals surface area contributed by atoms with Crippen molar-refractivity contribution in [2.75, 3.05) is 38.7 Å². The highest BCUT2D eigenvalue weighted by molar-refractivity contribution is 7.89. The fourth-order valence-electron chi connectivity index (χ4n) is 3.08. The Morgan fingerprint density at radius 1 is 0.931 bits per heavy atom. The third kappa shape index (κ3) is 4.83. The number of ketones is 1. The first kappa shape index (κ1) is 21.0. The van der Waals surface area contributed by atoms with Gasteiger partial charge in [0.1, 0.15) is 0 Å². The van der Waals surface area contributed by atoms with Crippen LogP contribution in [0.25, 0.3) is 0 Å². The summed E-state index contributed by atoms with van der Waals surface area (Å²) >= 11 is 0. The van der Waals surface area contributed by atoms with E-state index in [-0.39, 0.29) is 4.90 Å². The van der Waals surface area contributed by atoms with Gasteiger partial charge in [0.15, 0.2) is 12.4 Å². The number of hydrogen-bond donors (Lipinski definition) is 0. The Kier molecular flexibility index (Phi) is 6.34. The smallest absolute Gasteiger partial charge is 0.338 e. The molecule has 7 nitrogen and oxygen atoms in total. The van der Waals surface area contributed by atoms with Gasteiger partial charge in [0.25, 0.3) is 0 Å². The van der Waals surface area contributed by atoms with Crippen LogP contribution in [0.3, 0.4) is 0 Å². The van der Waals surface area contributed by atoms with E-state index in [1.54, 1.807) is 24.3 Å². The predicted octanol–water partition coefficient (Wildman–Crippen LogP) is 2.58. The van der Waals surface area contributed by atoms with Crippen LogP contribution in [-0.4, -0.2) is 58.3 Å². The molecule has 0 unspecified atom stereocenters. The highest BCUT2D eigenvalue weighted by atomic mass is 32.2. The zero-order valence-electron chi connectivity index (χ0n) is 16.5. The lowest BCUT2D eigenvalue weighted by atomic mass is 10.1. The number of sulfonamides is 1.